The number of carbonyl (C=O) groups excluding carboxylic acids is 1. The van der Waals surface area contributed by atoms with Crippen LogP contribution in [0.4, 0.5) is 0 Å². The van der Waals surface area contributed by atoms with E-state index in [1.54, 1.807) is 30.3 Å². The predicted molar refractivity (Wildman–Crippen MR) is 61.8 cm³/mol. The van der Waals surface area contributed by atoms with Crippen LogP contribution in [0.15, 0.2) is 30.3 Å². The first-order valence-corrected chi connectivity index (χ1v) is 5.43. The van der Waals surface area contributed by atoms with Crippen molar-refractivity contribution in [3.8, 4) is 0 Å². The molecule has 0 spiro atoms. The van der Waals surface area contributed by atoms with Crippen molar-refractivity contribution < 1.29 is 30.0 Å². The van der Waals surface area contributed by atoms with Gasteiger partial charge in [0.15, 0.2) is 0 Å². The highest BCUT2D eigenvalue weighted by Gasteiger charge is 2.25. The third kappa shape index (κ3) is 4.08. The van der Waals surface area contributed by atoms with Gasteiger partial charge in [-0.05, 0) is 12.1 Å². The Morgan fingerprint density at radius 3 is 2.28 bits per heavy atom. The molecule has 100 valence electrons. The normalized spacial score (nSPS) is 15.8. The van der Waals surface area contributed by atoms with Crippen LogP contribution in [0.3, 0.4) is 0 Å². The minimum atomic E-state index is -1.57. The van der Waals surface area contributed by atoms with E-state index in [1.807, 2.05) is 0 Å². The molecule has 3 unspecified atom stereocenters. The van der Waals surface area contributed by atoms with Gasteiger partial charge in [-0.2, -0.15) is 0 Å². The Kier molecular flexibility index (Phi) is 5.73. The van der Waals surface area contributed by atoms with Gasteiger partial charge in [0.25, 0.3) is 0 Å². The molecule has 1 aromatic rings. The lowest BCUT2D eigenvalue weighted by Crippen LogP contribution is -2.42. The van der Waals surface area contributed by atoms with Crippen LogP contribution in [0.25, 0.3) is 0 Å². The summed E-state index contributed by atoms with van der Waals surface area (Å²) in [4.78, 5) is 11.5. The molecule has 3 atom stereocenters. The quantitative estimate of drug-likeness (QED) is 0.482. The summed E-state index contributed by atoms with van der Waals surface area (Å²) in [6.45, 7) is -1.16. The molecule has 1 rings (SSSR count). The maximum Gasteiger partial charge on any atom is 0.338 e. The predicted octanol–water partition coefficient (Wildman–Crippen LogP) is -1.08. The monoisotopic (exact) mass is 256 g/mol. The highest BCUT2D eigenvalue weighted by atomic mass is 16.5. The summed E-state index contributed by atoms with van der Waals surface area (Å²) in [6.07, 6.45) is -4.51. The number of hydrogen-bond donors (Lipinski definition) is 4. The van der Waals surface area contributed by atoms with Crippen LogP contribution in [0.1, 0.15) is 10.4 Å². The molecule has 0 aliphatic carbocycles. The zero-order valence-corrected chi connectivity index (χ0v) is 9.64. The molecule has 6 heteroatoms. The van der Waals surface area contributed by atoms with E-state index in [1.165, 1.54) is 0 Å². The number of esters is 1. The van der Waals surface area contributed by atoms with Crippen molar-refractivity contribution in [1.29, 1.82) is 0 Å². The average molecular weight is 256 g/mol. The van der Waals surface area contributed by atoms with E-state index in [9.17, 15) is 15.0 Å². The minimum absolute atomic E-state index is 0.321. The van der Waals surface area contributed by atoms with Crippen LogP contribution in [0, 0.1) is 0 Å². The standard InChI is InChI=1S/C12H16O6/c13-6-9(14)11(16)10(15)7-18-12(17)8-4-2-1-3-5-8/h1-5,9-11,13-16H,6-7H2. The Morgan fingerprint density at radius 1 is 1.11 bits per heavy atom. The summed E-state index contributed by atoms with van der Waals surface area (Å²) in [5.41, 5.74) is 0.321. The Bertz CT molecular complexity index is 366. The Morgan fingerprint density at radius 2 is 1.72 bits per heavy atom. The maximum absolute atomic E-state index is 11.5. The molecule has 0 radical (unpaired) electrons. The Balaban J connectivity index is 2.43. The maximum atomic E-state index is 11.5. The van der Waals surface area contributed by atoms with E-state index in [0.717, 1.165) is 0 Å². The first-order valence-electron chi connectivity index (χ1n) is 5.43. The molecule has 0 bridgehead atoms. The van der Waals surface area contributed by atoms with Gasteiger partial charge in [0, 0.05) is 0 Å². The van der Waals surface area contributed by atoms with E-state index >= 15 is 0 Å². The SMILES string of the molecule is O=C(OCC(O)C(O)C(O)CO)c1ccccc1. The molecule has 0 heterocycles. The fourth-order valence-corrected chi connectivity index (χ4v) is 1.28. The van der Waals surface area contributed by atoms with Crippen molar-refractivity contribution in [2.45, 2.75) is 18.3 Å². The van der Waals surface area contributed by atoms with Crippen LogP contribution < -0.4 is 0 Å². The summed E-state index contributed by atoms with van der Waals surface area (Å²) in [5.74, 6) is -0.639. The number of aliphatic hydroxyl groups excluding tert-OH is 4. The first kappa shape index (κ1) is 14.6. The van der Waals surface area contributed by atoms with Crippen LogP contribution in [-0.2, 0) is 4.74 Å². The largest absolute Gasteiger partial charge is 0.459 e. The third-order valence-corrected chi connectivity index (χ3v) is 2.37. The van der Waals surface area contributed by atoms with Crippen molar-refractivity contribution in [2.24, 2.45) is 0 Å². The number of rotatable bonds is 6. The molecule has 1 aromatic carbocycles. The molecule has 0 saturated heterocycles. The second-order valence-electron chi connectivity index (χ2n) is 3.77. The van der Waals surface area contributed by atoms with Crippen molar-refractivity contribution in [3.05, 3.63) is 35.9 Å². The van der Waals surface area contributed by atoms with E-state index in [-0.39, 0.29) is 0 Å². The van der Waals surface area contributed by atoms with Gasteiger partial charge in [-0.3, -0.25) is 0 Å². The summed E-state index contributed by atoms with van der Waals surface area (Å²) >= 11 is 0. The number of carbonyl (C=O) groups is 1. The summed E-state index contributed by atoms with van der Waals surface area (Å²) < 4.78 is 4.76. The molecule has 0 aliphatic rings. The van der Waals surface area contributed by atoms with Gasteiger partial charge >= 0.3 is 5.97 Å². The summed E-state index contributed by atoms with van der Waals surface area (Å²) in [5, 5.41) is 36.4. The van der Waals surface area contributed by atoms with Gasteiger partial charge in [-0.1, -0.05) is 18.2 Å². The second kappa shape index (κ2) is 7.07. The molecular formula is C12H16O6. The molecule has 0 aliphatic heterocycles. The second-order valence-corrected chi connectivity index (χ2v) is 3.77. The van der Waals surface area contributed by atoms with E-state index < -0.39 is 37.5 Å². The fourth-order valence-electron chi connectivity index (χ4n) is 1.28. The van der Waals surface area contributed by atoms with Crippen molar-refractivity contribution in [1.82, 2.24) is 0 Å². The molecule has 4 N–H and O–H groups in total. The van der Waals surface area contributed by atoms with Crippen LogP contribution >= 0.6 is 0 Å². The average Bonchev–Trinajstić information content (AvgIpc) is 2.43. The van der Waals surface area contributed by atoms with Crippen LogP contribution in [0.2, 0.25) is 0 Å². The molecule has 0 aromatic heterocycles. The van der Waals surface area contributed by atoms with Gasteiger partial charge in [0.2, 0.25) is 0 Å². The molecular weight excluding hydrogens is 240 g/mol. The number of ether oxygens (including phenoxy) is 1. The lowest BCUT2D eigenvalue weighted by atomic mass is 10.1. The summed E-state index contributed by atoms with van der Waals surface area (Å²) in [6, 6.07) is 8.17. The minimum Gasteiger partial charge on any atom is -0.459 e. The Labute approximate surface area is 104 Å². The van der Waals surface area contributed by atoms with Crippen molar-refractivity contribution in [2.75, 3.05) is 13.2 Å². The van der Waals surface area contributed by atoms with E-state index in [2.05, 4.69) is 0 Å². The smallest absolute Gasteiger partial charge is 0.338 e. The van der Waals surface area contributed by atoms with Crippen molar-refractivity contribution in [3.63, 3.8) is 0 Å². The van der Waals surface area contributed by atoms with Crippen LogP contribution in [0.5, 0.6) is 0 Å². The van der Waals surface area contributed by atoms with Gasteiger partial charge in [0.1, 0.15) is 24.9 Å². The highest BCUT2D eigenvalue weighted by Crippen LogP contribution is 2.04. The van der Waals surface area contributed by atoms with Crippen LogP contribution in [-0.4, -0.2) is 57.9 Å². The van der Waals surface area contributed by atoms with Gasteiger partial charge < -0.3 is 25.2 Å². The molecule has 0 amide bonds. The van der Waals surface area contributed by atoms with E-state index in [0.29, 0.717) is 5.56 Å². The molecule has 0 saturated carbocycles. The van der Waals surface area contributed by atoms with Crippen molar-refractivity contribution >= 4 is 5.97 Å². The number of aliphatic hydroxyl groups is 4. The van der Waals surface area contributed by atoms with E-state index in [4.69, 9.17) is 14.9 Å². The highest BCUT2D eigenvalue weighted by molar-refractivity contribution is 5.89. The molecule has 6 nitrogen and oxygen atoms in total. The topological polar surface area (TPSA) is 107 Å². The number of benzene rings is 1. The molecule has 0 fully saturated rings. The lowest BCUT2D eigenvalue weighted by molar-refractivity contribution is -0.0925. The van der Waals surface area contributed by atoms with Gasteiger partial charge in [-0.25, -0.2) is 4.79 Å². The zero-order chi connectivity index (χ0) is 13.5. The number of hydrogen-bond acceptors (Lipinski definition) is 6. The zero-order valence-electron chi connectivity index (χ0n) is 9.64. The summed E-state index contributed by atoms with van der Waals surface area (Å²) in [7, 11) is 0. The lowest BCUT2D eigenvalue weighted by Gasteiger charge is -2.21. The van der Waals surface area contributed by atoms with Gasteiger partial charge in [-0.15, -0.1) is 0 Å². The first-order chi connectivity index (χ1) is 8.56. The van der Waals surface area contributed by atoms with Gasteiger partial charge in [0.05, 0.1) is 12.2 Å². The third-order valence-electron chi connectivity index (χ3n) is 2.37. The Hall–Kier alpha value is -1.47. The fraction of sp³-hybridized carbons (Fsp3) is 0.417. The molecule has 18 heavy (non-hydrogen) atoms.